The van der Waals surface area contributed by atoms with Gasteiger partial charge in [-0.05, 0) is 11.6 Å². The van der Waals surface area contributed by atoms with Crippen molar-refractivity contribution in [1.29, 1.82) is 0 Å². The fourth-order valence-electron chi connectivity index (χ4n) is 1.34. The summed E-state index contributed by atoms with van der Waals surface area (Å²) in [5.41, 5.74) is 2.39. The lowest BCUT2D eigenvalue weighted by atomic mass is 9.82. The van der Waals surface area contributed by atoms with E-state index >= 15 is 0 Å². The van der Waals surface area contributed by atoms with Crippen LogP contribution in [0.1, 0.15) is 0 Å². The highest BCUT2D eigenvalue weighted by Crippen LogP contribution is 2.14. The number of H-pyrrole nitrogens is 1. The van der Waals surface area contributed by atoms with Gasteiger partial charge in [0.15, 0.2) is 0 Å². The summed E-state index contributed by atoms with van der Waals surface area (Å²) in [6.45, 7) is 0. The van der Waals surface area contributed by atoms with E-state index in [4.69, 9.17) is 10.0 Å². The van der Waals surface area contributed by atoms with Crippen LogP contribution in [0.5, 0.6) is 0 Å². The summed E-state index contributed by atoms with van der Waals surface area (Å²) in [5, 5.41) is 17.8. The summed E-state index contributed by atoms with van der Waals surface area (Å²) < 4.78 is 0. The van der Waals surface area contributed by atoms with Crippen LogP contribution in [0.2, 0.25) is 0 Å². The second-order valence-electron chi connectivity index (χ2n) is 3.09. The first-order valence-corrected chi connectivity index (χ1v) is 4.37. The van der Waals surface area contributed by atoms with Gasteiger partial charge in [0.1, 0.15) is 0 Å². The molecule has 0 saturated carbocycles. The second-order valence-corrected chi connectivity index (χ2v) is 3.09. The topological polar surface area (TPSA) is 56.2 Å². The Bertz CT molecular complexity index is 411. The maximum atomic E-state index is 8.92. The average molecular weight is 187 g/mol. The number of aromatic amines is 1. The molecule has 1 heterocycles. The molecule has 0 atom stereocenters. The summed E-state index contributed by atoms with van der Waals surface area (Å²) in [4.78, 5) is 2.98. The average Bonchev–Trinajstić information content (AvgIpc) is 2.68. The van der Waals surface area contributed by atoms with E-state index in [1.807, 2.05) is 30.3 Å². The maximum absolute atomic E-state index is 8.92. The largest absolute Gasteiger partial charge is 0.490 e. The minimum Gasteiger partial charge on any atom is -0.423 e. The Labute approximate surface area is 82.2 Å². The molecule has 3 nitrogen and oxygen atoms in total. The second kappa shape index (κ2) is 3.70. The van der Waals surface area contributed by atoms with Crippen LogP contribution < -0.4 is 5.46 Å². The van der Waals surface area contributed by atoms with Crippen molar-refractivity contribution in [1.82, 2.24) is 4.98 Å². The van der Waals surface area contributed by atoms with E-state index in [2.05, 4.69) is 4.98 Å². The Morgan fingerprint density at radius 1 is 1.07 bits per heavy atom. The van der Waals surface area contributed by atoms with E-state index in [9.17, 15) is 0 Å². The predicted octanol–water partition coefficient (Wildman–Crippen LogP) is 0.361. The molecule has 70 valence electrons. The molecule has 2 rings (SSSR count). The van der Waals surface area contributed by atoms with Gasteiger partial charge >= 0.3 is 7.12 Å². The van der Waals surface area contributed by atoms with Gasteiger partial charge in [-0.1, -0.05) is 30.3 Å². The third-order valence-electron chi connectivity index (χ3n) is 2.09. The zero-order valence-corrected chi connectivity index (χ0v) is 7.51. The van der Waals surface area contributed by atoms with Crippen molar-refractivity contribution in [3.8, 4) is 11.3 Å². The lowest BCUT2D eigenvalue weighted by Gasteiger charge is -1.95. The minimum absolute atomic E-state index is 0.476. The molecule has 0 spiro atoms. The molecule has 1 aromatic carbocycles. The molecule has 1 aromatic heterocycles. The van der Waals surface area contributed by atoms with Gasteiger partial charge in [-0.25, -0.2) is 0 Å². The van der Waals surface area contributed by atoms with Gasteiger partial charge in [-0.2, -0.15) is 0 Å². The smallest absolute Gasteiger partial charge is 0.423 e. The van der Waals surface area contributed by atoms with E-state index in [-0.39, 0.29) is 0 Å². The van der Waals surface area contributed by atoms with Crippen LogP contribution in [0.15, 0.2) is 42.6 Å². The molecule has 0 aliphatic rings. The molecular formula is C10H10BNO2. The highest BCUT2D eigenvalue weighted by atomic mass is 16.4. The third kappa shape index (κ3) is 1.71. The van der Waals surface area contributed by atoms with E-state index in [1.54, 1.807) is 12.3 Å². The molecule has 0 unspecified atom stereocenters. The first kappa shape index (κ1) is 9.06. The molecule has 0 bridgehead atoms. The zero-order chi connectivity index (χ0) is 9.97. The lowest BCUT2D eigenvalue weighted by molar-refractivity contribution is 0.426. The third-order valence-corrected chi connectivity index (χ3v) is 2.09. The van der Waals surface area contributed by atoms with Gasteiger partial charge in [-0.3, -0.25) is 0 Å². The van der Waals surface area contributed by atoms with Crippen molar-refractivity contribution in [2.24, 2.45) is 0 Å². The summed E-state index contributed by atoms with van der Waals surface area (Å²) in [7, 11) is -1.41. The van der Waals surface area contributed by atoms with E-state index in [0.717, 1.165) is 11.3 Å². The number of aromatic nitrogens is 1. The van der Waals surface area contributed by atoms with Gasteiger partial charge < -0.3 is 15.0 Å². The van der Waals surface area contributed by atoms with Crippen molar-refractivity contribution in [3.05, 3.63) is 42.6 Å². The van der Waals surface area contributed by atoms with E-state index in [1.165, 1.54) is 0 Å². The molecule has 14 heavy (non-hydrogen) atoms. The van der Waals surface area contributed by atoms with Crippen molar-refractivity contribution >= 4 is 12.6 Å². The number of hydrogen-bond acceptors (Lipinski definition) is 2. The van der Waals surface area contributed by atoms with Crippen LogP contribution in [0.4, 0.5) is 0 Å². The van der Waals surface area contributed by atoms with Crippen LogP contribution in [0.25, 0.3) is 11.3 Å². The van der Waals surface area contributed by atoms with Gasteiger partial charge in [0.2, 0.25) is 0 Å². The molecule has 3 N–H and O–H groups in total. The first-order chi connectivity index (χ1) is 6.77. The molecule has 0 aliphatic heterocycles. The highest BCUT2D eigenvalue weighted by Gasteiger charge is 2.12. The zero-order valence-electron chi connectivity index (χ0n) is 7.51. The quantitative estimate of drug-likeness (QED) is 0.594. The van der Waals surface area contributed by atoms with Gasteiger partial charge in [0.25, 0.3) is 0 Å². The Morgan fingerprint density at radius 3 is 2.36 bits per heavy atom. The standard InChI is InChI=1S/C10H10BNO2/c13-11(14)9-6-10(12-7-9)8-4-2-1-3-5-8/h1-7,12-14H. The SMILES string of the molecule is OB(O)c1c[nH]c(-c2ccccc2)c1. The normalized spacial score (nSPS) is 10.1. The first-order valence-electron chi connectivity index (χ1n) is 4.37. The van der Waals surface area contributed by atoms with Crippen LogP contribution in [-0.2, 0) is 0 Å². The monoisotopic (exact) mass is 187 g/mol. The van der Waals surface area contributed by atoms with Gasteiger partial charge in [-0.15, -0.1) is 0 Å². The minimum atomic E-state index is -1.41. The summed E-state index contributed by atoms with van der Waals surface area (Å²) in [6, 6.07) is 11.4. The van der Waals surface area contributed by atoms with Crippen molar-refractivity contribution in [2.75, 3.05) is 0 Å². The molecule has 4 heteroatoms. The molecule has 2 aromatic rings. The predicted molar refractivity (Wildman–Crippen MR) is 56.1 cm³/mol. The molecular weight excluding hydrogens is 177 g/mol. The lowest BCUT2D eigenvalue weighted by Crippen LogP contribution is -2.28. The number of rotatable bonds is 2. The molecule has 0 saturated heterocycles. The molecule has 0 fully saturated rings. The van der Waals surface area contributed by atoms with Crippen molar-refractivity contribution in [3.63, 3.8) is 0 Å². The Morgan fingerprint density at radius 2 is 1.79 bits per heavy atom. The number of hydrogen-bond donors (Lipinski definition) is 3. The number of nitrogens with one attached hydrogen (secondary N) is 1. The summed E-state index contributed by atoms with van der Waals surface area (Å²) in [5.74, 6) is 0. The maximum Gasteiger partial charge on any atom is 0.490 e. The van der Waals surface area contributed by atoms with Crippen molar-refractivity contribution < 1.29 is 10.0 Å². The van der Waals surface area contributed by atoms with Gasteiger partial charge in [0, 0.05) is 17.4 Å². The fourth-order valence-corrected chi connectivity index (χ4v) is 1.34. The molecule has 0 amide bonds. The number of benzene rings is 1. The van der Waals surface area contributed by atoms with Gasteiger partial charge in [0.05, 0.1) is 0 Å². The Balaban J connectivity index is 2.34. The van der Waals surface area contributed by atoms with E-state index < -0.39 is 7.12 Å². The van der Waals surface area contributed by atoms with Crippen molar-refractivity contribution in [2.45, 2.75) is 0 Å². The fraction of sp³-hybridized carbons (Fsp3) is 0. The van der Waals surface area contributed by atoms with Crippen LogP contribution in [0.3, 0.4) is 0 Å². The van der Waals surface area contributed by atoms with Crippen LogP contribution >= 0.6 is 0 Å². The summed E-state index contributed by atoms with van der Waals surface area (Å²) in [6.07, 6.45) is 1.59. The van der Waals surface area contributed by atoms with E-state index in [0.29, 0.717) is 5.46 Å². The Hall–Kier alpha value is -1.52. The molecule has 0 aliphatic carbocycles. The summed E-state index contributed by atoms with van der Waals surface area (Å²) >= 11 is 0. The highest BCUT2D eigenvalue weighted by molar-refractivity contribution is 6.58. The van der Waals surface area contributed by atoms with Crippen LogP contribution in [-0.4, -0.2) is 22.2 Å². The van der Waals surface area contributed by atoms with Crippen LogP contribution in [0, 0.1) is 0 Å². The Kier molecular flexibility index (Phi) is 2.39. The molecule has 0 radical (unpaired) electrons.